The number of nitrogens with one attached hydrogen (secondary N) is 1. The van der Waals surface area contributed by atoms with Crippen LogP contribution in [0.1, 0.15) is 24.3 Å². The lowest BCUT2D eigenvalue weighted by molar-refractivity contribution is -0.116. The quantitative estimate of drug-likeness (QED) is 0.215. The first-order chi connectivity index (χ1) is 15.6. The molecule has 0 aliphatic heterocycles. The van der Waals surface area contributed by atoms with Gasteiger partial charge in [-0.25, -0.2) is 0 Å². The minimum absolute atomic E-state index is 0.144. The van der Waals surface area contributed by atoms with Crippen LogP contribution < -0.4 is 5.32 Å². The summed E-state index contributed by atoms with van der Waals surface area (Å²) in [4.78, 5) is 16.6. The largest absolute Gasteiger partial charge is 0.339 e. The summed E-state index contributed by atoms with van der Waals surface area (Å²) in [6.07, 6.45) is 1.40. The Morgan fingerprint density at radius 3 is 2.62 bits per heavy atom. The number of anilines is 1. The number of thioether (sulfide) groups is 1. The minimum Gasteiger partial charge on any atom is -0.339 e. The highest BCUT2D eigenvalue weighted by Crippen LogP contribution is 2.33. The summed E-state index contributed by atoms with van der Waals surface area (Å²) in [6, 6.07) is 15.0. The van der Waals surface area contributed by atoms with Crippen molar-refractivity contribution in [2.45, 2.75) is 29.4 Å². The number of benzene rings is 2. The van der Waals surface area contributed by atoms with E-state index in [0.717, 1.165) is 15.5 Å². The van der Waals surface area contributed by atoms with Crippen LogP contribution in [0.2, 0.25) is 10.0 Å². The van der Waals surface area contributed by atoms with Crippen LogP contribution in [0.4, 0.5) is 5.13 Å². The van der Waals surface area contributed by atoms with Crippen molar-refractivity contribution < 1.29 is 9.32 Å². The van der Waals surface area contributed by atoms with E-state index in [2.05, 4.69) is 25.7 Å². The Kier molecular flexibility index (Phi) is 7.75. The van der Waals surface area contributed by atoms with Gasteiger partial charge < -0.3 is 9.84 Å². The Labute approximate surface area is 202 Å². The third-order valence-corrected chi connectivity index (χ3v) is 7.06. The Bertz CT molecular complexity index is 1180. The lowest BCUT2D eigenvalue weighted by atomic mass is 10.2. The van der Waals surface area contributed by atoms with E-state index in [9.17, 15) is 4.79 Å². The molecule has 2 heterocycles. The number of hydrogen-bond donors (Lipinski definition) is 1. The van der Waals surface area contributed by atoms with Crippen LogP contribution in [0.25, 0.3) is 11.4 Å². The molecule has 0 saturated heterocycles. The van der Waals surface area contributed by atoms with Gasteiger partial charge in [0.05, 0.1) is 0 Å². The van der Waals surface area contributed by atoms with Crippen molar-refractivity contribution >= 4 is 57.3 Å². The van der Waals surface area contributed by atoms with Gasteiger partial charge in [-0.15, -0.1) is 10.2 Å². The fraction of sp³-hybridized carbons (Fsp3) is 0.190. The van der Waals surface area contributed by atoms with Gasteiger partial charge >= 0.3 is 0 Å². The molecule has 1 N–H and O–H groups in total. The molecule has 2 aromatic heterocycles. The zero-order valence-corrected chi connectivity index (χ0v) is 19.8. The molecule has 11 heteroatoms. The van der Waals surface area contributed by atoms with Gasteiger partial charge in [-0.3, -0.25) is 4.79 Å². The second-order valence-corrected chi connectivity index (χ2v) is 9.66. The topological polar surface area (TPSA) is 93.8 Å². The van der Waals surface area contributed by atoms with Crippen LogP contribution in [0.5, 0.6) is 0 Å². The van der Waals surface area contributed by atoms with Gasteiger partial charge in [0, 0.05) is 34.2 Å². The van der Waals surface area contributed by atoms with Crippen LogP contribution in [-0.4, -0.2) is 26.2 Å². The van der Waals surface area contributed by atoms with Gasteiger partial charge in [0.1, 0.15) is 0 Å². The standard InChI is InChI=1S/C21H17Cl2N5O2S2/c22-15-8-4-9-16(23)14(15)12-31-21-27-26-20(32-21)24-17(29)10-5-11-18-25-19(28-30-18)13-6-2-1-3-7-13/h1-4,6-9H,5,10-12H2,(H,24,26,29). The summed E-state index contributed by atoms with van der Waals surface area (Å²) in [5, 5.41) is 16.6. The molecule has 7 nitrogen and oxygen atoms in total. The molecule has 0 atom stereocenters. The number of carbonyl (C=O) groups excluding carboxylic acids is 1. The monoisotopic (exact) mass is 505 g/mol. The number of halogens is 2. The first-order valence-electron chi connectivity index (χ1n) is 9.65. The van der Waals surface area contributed by atoms with Crippen LogP contribution in [0.15, 0.2) is 57.4 Å². The smallest absolute Gasteiger partial charge is 0.226 e. The van der Waals surface area contributed by atoms with E-state index < -0.39 is 0 Å². The lowest BCUT2D eigenvalue weighted by Gasteiger charge is -2.04. The molecule has 0 unspecified atom stereocenters. The van der Waals surface area contributed by atoms with E-state index in [1.807, 2.05) is 30.3 Å². The fourth-order valence-electron chi connectivity index (χ4n) is 2.77. The van der Waals surface area contributed by atoms with Gasteiger partial charge in [-0.05, 0) is 24.1 Å². The number of amides is 1. The Morgan fingerprint density at radius 1 is 1.06 bits per heavy atom. The van der Waals surface area contributed by atoms with Crippen LogP contribution in [-0.2, 0) is 17.0 Å². The first kappa shape index (κ1) is 22.7. The summed E-state index contributed by atoms with van der Waals surface area (Å²) in [5.41, 5.74) is 1.74. The molecule has 1 amide bonds. The second-order valence-electron chi connectivity index (χ2n) is 6.64. The van der Waals surface area contributed by atoms with E-state index in [1.165, 1.54) is 23.1 Å². The molecule has 0 spiro atoms. The molecular formula is C21H17Cl2N5O2S2. The molecule has 32 heavy (non-hydrogen) atoms. The van der Waals surface area contributed by atoms with E-state index in [1.54, 1.807) is 18.2 Å². The van der Waals surface area contributed by atoms with E-state index in [4.69, 9.17) is 27.7 Å². The second kappa shape index (κ2) is 10.9. The molecule has 0 saturated carbocycles. The third kappa shape index (κ3) is 6.07. The maximum absolute atomic E-state index is 12.2. The summed E-state index contributed by atoms with van der Waals surface area (Å²) in [6.45, 7) is 0. The normalized spacial score (nSPS) is 10.9. The predicted molar refractivity (Wildman–Crippen MR) is 127 cm³/mol. The third-order valence-electron chi connectivity index (χ3n) is 4.35. The molecule has 4 rings (SSSR count). The maximum Gasteiger partial charge on any atom is 0.226 e. The highest BCUT2D eigenvalue weighted by Gasteiger charge is 2.13. The molecular weight excluding hydrogens is 489 g/mol. The highest BCUT2D eigenvalue weighted by molar-refractivity contribution is 8.00. The molecule has 0 aliphatic carbocycles. The molecule has 0 fully saturated rings. The fourth-order valence-corrected chi connectivity index (χ4v) is 5.28. The maximum atomic E-state index is 12.2. The van der Waals surface area contributed by atoms with Gasteiger partial charge in [-0.1, -0.05) is 87.9 Å². The zero-order chi connectivity index (χ0) is 22.3. The van der Waals surface area contributed by atoms with E-state index in [-0.39, 0.29) is 5.91 Å². The van der Waals surface area contributed by atoms with E-state index >= 15 is 0 Å². The molecule has 0 radical (unpaired) electrons. The van der Waals surface area contributed by atoms with Gasteiger partial charge in [0.25, 0.3) is 0 Å². The first-order valence-corrected chi connectivity index (χ1v) is 12.2. The van der Waals surface area contributed by atoms with Crippen molar-refractivity contribution in [1.29, 1.82) is 0 Å². The van der Waals surface area contributed by atoms with Crippen molar-refractivity contribution in [2.24, 2.45) is 0 Å². The number of aryl methyl sites for hydroxylation is 1. The molecule has 0 aliphatic rings. The van der Waals surface area contributed by atoms with Crippen molar-refractivity contribution in [3.63, 3.8) is 0 Å². The summed E-state index contributed by atoms with van der Waals surface area (Å²) in [5.74, 6) is 1.47. The van der Waals surface area contributed by atoms with Crippen molar-refractivity contribution in [2.75, 3.05) is 5.32 Å². The highest BCUT2D eigenvalue weighted by atomic mass is 35.5. The summed E-state index contributed by atoms with van der Waals surface area (Å²) >= 11 is 15.2. The summed E-state index contributed by atoms with van der Waals surface area (Å²) < 4.78 is 5.99. The Balaban J connectivity index is 1.22. The average Bonchev–Trinajstić information content (AvgIpc) is 3.44. The van der Waals surface area contributed by atoms with Crippen molar-refractivity contribution in [3.05, 3.63) is 70.0 Å². The molecule has 4 aromatic rings. The lowest BCUT2D eigenvalue weighted by Crippen LogP contribution is -2.11. The SMILES string of the molecule is O=C(CCCc1nc(-c2ccccc2)no1)Nc1nnc(SCc2c(Cl)cccc2Cl)s1. The van der Waals surface area contributed by atoms with Crippen LogP contribution in [0.3, 0.4) is 0 Å². The van der Waals surface area contributed by atoms with E-state index in [0.29, 0.717) is 51.9 Å². The van der Waals surface area contributed by atoms with Crippen molar-refractivity contribution in [1.82, 2.24) is 20.3 Å². The average molecular weight is 506 g/mol. The van der Waals surface area contributed by atoms with Crippen LogP contribution >= 0.6 is 46.3 Å². The zero-order valence-electron chi connectivity index (χ0n) is 16.6. The molecule has 164 valence electrons. The Morgan fingerprint density at radius 2 is 1.84 bits per heavy atom. The number of rotatable bonds is 9. The van der Waals surface area contributed by atoms with Crippen molar-refractivity contribution in [3.8, 4) is 11.4 Å². The van der Waals surface area contributed by atoms with Crippen LogP contribution in [0, 0.1) is 0 Å². The minimum atomic E-state index is -0.144. The van der Waals surface area contributed by atoms with Gasteiger partial charge in [0.2, 0.25) is 22.8 Å². The number of hydrogen-bond acceptors (Lipinski definition) is 8. The number of nitrogens with zero attached hydrogens (tertiary/aromatic N) is 4. The Hall–Kier alpha value is -2.46. The van der Waals surface area contributed by atoms with Gasteiger partial charge in [-0.2, -0.15) is 4.98 Å². The number of aromatic nitrogens is 4. The number of carbonyl (C=O) groups is 1. The summed E-state index contributed by atoms with van der Waals surface area (Å²) in [7, 11) is 0. The molecule has 0 bridgehead atoms. The predicted octanol–water partition coefficient (Wildman–Crippen LogP) is 6.15. The van der Waals surface area contributed by atoms with Gasteiger partial charge in [0.15, 0.2) is 4.34 Å². The molecule has 2 aromatic carbocycles.